The van der Waals surface area contributed by atoms with Crippen LogP contribution < -0.4 is 10.1 Å². The number of rotatable bonds is 11. The van der Waals surface area contributed by atoms with Crippen molar-refractivity contribution in [1.82, 2.24) is 10.2 Å². The molecule has 1 N–H and O–H groups in total. The number of allylic oxidation sites excluding steroid dienone is 1. The Morgan fingerprint density at radius 1 is 1.23 bits per heavy atom. The number of sulfone groups is 1. The smallest absolute Gasteiger partial charge is 0.325 e. The van der Waals surface area contributed by atoms with Crippen LogP contribution in [-0.4, -0.2) is 56.0 Å². The third-order valence-corrected chi connectivity index (χ3v) is 8.23. The van der Waals surface area contributed by atoms with Crippen molar-refractivity contribution >= 4 is 21.8 Å². The lowest BCUT2D eigenvalue weighted by Crippen LogP contribution is -2.32. The number of ether oxygens (including phenoxy) is 1. The van der Waals surface area contributed by atoms with E-state index in [4.69, 9.17) is 4.74 Å². The number of carbonyl (C=O) groups is 2. The topological polar surface area (TPSA) is 92.8 Å². The molecule has 3 aliphatic rings. The summed E-state index contributed by atoms with van der Waals surface area (Å²) in [6.07, 6.45) is 8.14. The van der Waals surface area contributed by atoms with E-state index in [1.54, 1.807) is 19.1 Å². The first-order chi connectivity index (χ1) is 14.8. The zero-order valence-corrected chi connectivity index (χ0v) is 18.7. The SMILES string of the molecule is C[C@H]1C(=O)NC(=O)N1C/C=C/CCS(=O)(=O)CC1(c2cccc(OCC3CC3)c2)CC1. The number of benzene rings is 1. The number of nitrogens with one attached hydrogen (secondary N) is 1. The van der Waals surface area contributed by atoms with Crippen LogP contribution in [0.1, 0.15) is 44.6 Å². The number of hydrogen-bond donors (Lipinski definition) is 1. The Bertz CT molecular complexity index is 979. The Labute approximate surface area is 183 Å². The van der Waals surface area contributed by atoms with Gasteiger partial charge in [0.05, 0.1) is 18.1 Å². The average molecular weight is 447 g/mol. The summed E-state index contributed by atoms with van der Waals surface area (Å²) in [5.41, 5.74) is 0.767. The minimum atomic E-state index is -3.22. The molecule has 0 aromatic heterocycles. The van der Waals surface area contributed by atoms with E-state index < -0.39 is 21.9 Å². The predicted octanol–water partition coefficient (Wildman–Crippen LogP) is 2.81. The molecule has 1 aromatic carbocycles. The number of nitrogens with zero attached hydrogens (tertiary/aromatic N) is 1. The summed E-state index contributed by atoms with van der Waals surface area (Å²) in [4.78, 5) is 24.6. The molecule has 2 aliphatic carbocycles. The van der Waals surface area contributed by atoms with Crippen LogP contribution in [0.25, 0.3) is 0 Å². The Balaban J connectivity index is 1.28. The Hall–Kier alpha value is -2.35. The summed E-state index contributed by atoms with van der Waals surface area (Å²) in [6, 6.07) is 7.00. The van der Waals surface area contributed by atoms with Crippen LogP contribution in [0.3, 0.4) is 0 Å². The van der Waals surface area contributed by atoms with Gasteiger partial charge in [0.15, 0.2) is 9.84 Å². The maximum Gasteiger partial charge on any atom is 0.325 e. The molecule has 168 valence electrons. The highest BCUT2D eigenvalue weighted by Crippen LogP contribution is 2.50. The zero-order chi connectivity index (χ0) is 22.1. The van der Waals surface area contributed by atoms with Crippen molar-refractivity contribution in [3.05, 3.63) is 42.0 Å². The minimum absolute atomic E-state index is 0.0732. The maximum atomic E-state index is 12.7. The predicted molar refractivity (Wildman–Crippen MR) is 118 cm³/mol. The molecule has 3 amide bonds. The third-order valence-electron chi connectivity index (χ3n) is 6.38. The summed E-state index contributed by atoms with van der Waals surface area (Å²) < 4.78 is 31.4. The molecule has 31 heavy (non-hydrogen) atoms. The van der Waals surface area contributed by atoms with Gasteiger partial charge in [-0.05, 0) is 62.6 Å². The molecule has 1 aromatic rings. The molecule has 1 aliphatic heterocycles. The molecule has 8 heteroatoms. The molecule has 2 saturated carbocycles. The van der Waals surface area contributed by atoms with Gasteiger partial charge in [-0.3, -0.25) is 10.1 Å². The van der Waals surface area contributed by atoms with E-state index in [9.17, 15) is 18.0 Å². The second kappa shape index (κ2) is 8.65. The first-order valence-corrected chi connectivity index (χ1v) is 12.8. The van der Waals surface area contributed by atoms with Gasteiger partial charge in [0.2, 0.25) is 0 Å². The largest absolute Gasteiger partial charge is 0.493 e. The highest BCUT2D eigenvalue weighted by molar-refractivity contribution is 7.91. The Kier molecular flexibility index (Phi) is 6.10. The van der Waals surface area contributed by atoms with Crippen LogP contribution in [0.5, 0.6) is 5.75 Å². The van der Waals surface area contributed by atoms with E-state index in [1.165, 1.54) is 17.7 Å². The summed E-state index contributed by atoms with van der Waals surface area (Å²) in [7, 11) is -3.22. The highest BCUT2D eigenvalue weighted by Gasteiger charge is 2.47. The van der Waals surface area contributed by atoms with Gasteiger partial charge in [0.25, 0.3) is 5.91 Å². The van der Waals surface area contributed by atoms with Gasteiger partial charge in [0, 0.05) is 12.0 Å². The summed E-state index contributed by atoms with van der Waals surface area (Å²) in [5, 5.41) is 2.26. The monoisotopic (exact) mass is 446 g/mol. The fourth-order valence-electron chi connectivity index (χ4n) is 3.97. The fraction of sp³-hybridized carbons (Fsp3) is 0.565. The molecule has 0 radical (unpaired) electrons. The lowest BCUT2D eigenvalue weighted by Gasteiger charge is -2.17. The van der Waals surface area contributed by atoms with Gasteiger partial charge in [-0.25, -0.2) is 13.2 Å². The molecule has 0 spiro atoms. The van der Waals surface area contributed by atoms with Gasteiger partial charge in [-0.1, -0.05) is 24.3 Å². The maximum absolute atomic E-state index is 12.7. The van der Waals surface area contributed by atoms with Gasteiger partial charge in [-0.2, -0.15) is 0 Å². The molecule has 1 saturated heterocycles. The van der Waals surface area contributed by atoms with Crippen LogP contribution in [0.4, 0.5) is 4.79 Å². The van der Waals surface area contributed by atoms with Gasteiger partial charge < -0.3 is 9.64 Å². The van der Waals surface area contributed by atoms with Crippen molar-refractivity contribution in [3.8, 4) is 5.75 Å². The molecule has 1 heterocycles. The lowest BCUT2D eigenvalue weighted by atomic mass is 9.98. The van der Waals surface area contributed by atoms with Crippen LogP contribution >= 0.6 is 0 Å². The number of amides is 3. The average Bonchev–Trinajstić information content (AvgIpc) is 3.64. The lowest BCUT2D eigenvalue weighted by molar-refractivity contribution is -0.120. The van der Waals surface area contributed by atoms with Crippen molar-refractivity contribution in [1.29, 1.82) is 0 Å². The van der Waals surface area contributed by atoms with Crippen LogP contribution in [0.15, 0.2) is 36.4 Å². The van der Waals surface area contributed by atoms with E-state index >= 15 is 0 Å². The van der Waals surface area contributed by atoms with Crippen LogP contribution in [-0.2, 0) is 20.0 Å². The first kappa shape index (κ1) is 21.9. The molecule has 4 rings (SSSR count). The van der Waals surface area contributed by atoms with Crippen molar-refractivity contribution in [2.75, 3.05) is 24.7 Å². The molecular formula is C23H30N2O5S. The number of imide groups is 1. The van der Waals surface area contributed by atoms with Crippen LogP contribution in [0, 0.1) is 5.92 Å². The van der Waals surface area contributed by atoms with E-state index in [0.717, 1.165) is 30.8 Å². The number of urea groups is 1. The molecule has 1 atom stereocenters. The summed E-state index contributed by atoms with van der Waals surface area (Å²) in [5.74, 6) is 1.42. The molecule has 0 unspecified atom stereocenters. The molecule has 0 bridgehead atoms. The van der Waals surface area contributed by atoms with E-state index in [-0.39, 0.29) is 29.4 Å². The molecule has 3 fully saturated rings. The zero-order valence-electron chi connectivity index (χ0n) is 17.9. The van der Waals surface area contributed by atoms with E-state index in [2.05, 4.69) is 5.32 Å². The van der Waals surface area contributed by atoms with Crippen molar-refractivity contribution in [3.63, 3.8) is 0 Å². The van der Waals surface area contributed by atoms with Gasteiger partial charge in [0.1, 0.15) is 11.8 Å². The van der Waals surface area contributed by atoms with Crippen molar-refractivity contribution < 1.29 is 22.7 Å². The standard InChI is InChI=1S/C23H30N2O5S/c1-17-21(26)24-22(27)25(17)12-3-2-4-13-31(28,29)16-23(10-11-23)19-6-5-7-20(14-19)30-15-18-8-9-18/h2-3,5-7,14,17-18H,4,8-13,15-16H2,1H3,(H,24,26,27)/b3-2+/t17-/m0/s1. The minimum Gasteiger partial charge on any atom is -0.493 e. The second-order valence-electron chi connectivity index (χ2n) is 9.04. The van der Waals surface area contributed by atoms with E-state index in [0.29, 0.717) is 12.3 Å². The Morgan fingerprint density at radius 3 is 2.65 bits per heavy atom. The van der Waals surface area contributed by atoms with Gasteiger partial charge in [-0.15, -0.1) is 0 Å². The molecular weight excluding hydrogens is 416 g/mol. The summed E-state index contributed by atoms with van der Waals surface area (Å²) in [6.45, 7) is 2.70. The van der Waals surface area contributed by atoms with E-state index in [1.807, 2.05) is 24.3 Å². The van der Waals surface area contributed by atoms with Crippen LogP contribution in [0.2, 0.25) is 0 Å². The third kappa shape index (κ3) is 5.47. The number of carbonyl (C=O) groups excluding carboxylic acids is 2. The summed E-state index contributed by atoms with van der Waals surface area (Å²) >= 11 is 0. The van der Waals surface area contributed by atoms with Gasteiger partial charge >= 0.3 is 6.03 Å². The van der Waals surface area contributed by atoms with Crippen molar-refractivity contribution in [2.24, 2.45) is 5.92 Å². The quantitative estimate of drug-likeness (QED) is 0.417. The fourth-order valence-corrected chi connectivity index (χ4v) is 5.91. The van der Waals surface area contributed by atoms with Crippen molar-refractivity contribution in [2.45, 2.75) is 50.5 Å². The Morgan fingerprint density at radius 2 is 2.00 bits per heavy atom. The molecule has 7 nitrogen and oxygen atoms in total. The normalized spacial score (nSPS) is 22.7. The second-order valence-corrected chi connectivity index (χ2v) is 11.2. The first-order valence-electron chi connectivity index (χ1n) is 11.0. The number of hydrogen-bond acceptors (Lipinski definition) is 5. The highest BCUT2D eigenvalue weighted by atomic mass is 32.2.